The molecule has 0 atom stereocenters. The Labute approximate surface area is 106 Å². The summed E-state index contributed by atoms with van der Waals surface area (Å²) in [6, 6.07) is 5.14. The van der Waals surface area contributed by atoms with Gasteiger partial charge in [-0.25, -0.2) is 4.79 Å². The second-order valence-electron chi connectivity index (χ2n) is 2.64. The largest absolute Gasteiger partial charge is 0.462 e. The van der Waals surface area contributed by atoms with Gasteiger partial charge >= 0.3 is 5.97 Å². The zero-order chi connectivity index (χ0) is 11.4. The Morgan fingerprint density at radius 1 is 1.67 bits per heavy atom. The van der Waals surface area contributed by atoms with E-state index in [4.69, 9.17) is 21.6 Å². The predicted octanol–water partition coefficient (Wildman–Crippen LogP) is 2.99. The Hall–Kier alpha value is -0.800. The number of benzene rings is 1. The third-order valence-corrected chi connectivity index (χ3v) is 2.58. The lowest BCUT2D eigenvalue weighted by molar-refractivity contribution is 0.0526. The molecule has 0 amide bonds. The van der Waals surface area contributed by atoms with E-state index in [-0.39, 0.29) is 22.8 Å². The van der Waals surface area contributed by atoms with Gasteiger partial charge in [0.15, 0.2) is 0 Å². The Morgan fingerprint density at radius 2 is 2.33 bits per heavy atom. The third kappa shape index (κ3) is 2.83. The van der Waals surface area contributed by atoms with Crippen LogP contribution in [0.1, 0.15) is 22.8 Å². The van der Waals surface area contributed by atoms with Gasteiger partial charge in [-0.3, -0.25) is 0 Å². The van der Waals surface area contributed by atoms with E-state index in [0.717, 1.165) is 3.57 Å². The summed E-state index contributed by atoms with van der Waals surface area (Å²) < 4.78 is 5.62. The molecular weight excluding hydrogens is 328 g/mol. The molecule has 0 aliphatic rings. The van der Waals surface area contributed by atoms with Crippen molar-refractivity contribution in [3.63, 3.8) is 0 Å². The van der Waals surface area contributed by atoms with Gasteiger partial charge in [-0.15, -0.1) is 0 Å². The molecule has 0 fully saturated rings. The van der Waals surface area contributed by atoms with Crippen molar-refractivity contribution in [2.75, 3.05) is 6.61 Å². The maximum absolute atomic E-state index is 11.5. The van der Waals surface area contributed by atoms with Crippen molar-refractivity contribution in [2.24, 2.45) is 0 Å². The van der Waals surface area contributed by atoms with Crippen LogP contribution < -0.4 is 0 Å². The number of carbonyl (C=O) groups is 1. The summed E-state index contributed by atoms with van der Waals surface area (Å²) in [7, 11) is 0. The van der Waals surface area contributed by atoms with Gasteiger partial charge in [0.05, 0.1) is 22.8 Å². The summed E-state index contributed by atoms with van der Waals surface area (Å²) in [4.78, 5) is 11.5. The standard InChI is InChI=1S/C10H7ClINO2/c1-2-15-10(14)9-6(5-13)3-7(12)4-8(9)11/h3-4H,2H2,1H3. The number of esters is 1. The molecule has 78 valence electrons. The van der Waals surface area contributed by atoms with Gasteiger partial charge in [0.2, 0.25) is 0 Å². The highest BCUT2D eigenvalue weighted by atomic mass is 127. The summed E-state index contributed by atoms with van der Waals surface area (Å²) in [5, 5.41) is 9.11. The summed E-state index contributed by atoms with van der Waals surface area (Å²) in [5.74, 6) is -0.560. The van der Waals surface area contributed by atoms with Crippen LogP contribution in [0.15, 0.2) is 12.1 Å². The number of nitriles is 1. The minimum Gasteiger partial charge on any atom is -0.462 e. The van der Waals surface area contributed by atoms with Crippen LogP contribution in [0.25, 0.3) is 0 Å². The summed E-state index contributed by atoms with van der Waals surface area (Å²) in [6.07, 6.45) is 0. The second-order valence-corrected chi connectivity index (χ2v) is 4.30. The number of hydrogen-bond donors (Lipinski definition) is 0. The van der Waals surface area contributed by atoms with Gasteiger partial charge < -0.3 is 4.74 Å². The maximum atomic E-state index is 11.5. The minimum atomic E-state index is -0.560. The Kier molecular flexibility index (Phi) is 4.36. The molecule has 1 aromatic rings. The Bertz CT molecular complexity index is 440. The van der Waals surface area contributed by atoms with E-state index in [9.17, 15) is 4.79 Å². The zero-order valence-corrected chi connectivity index (χ0v) is 10.8. The molecule has 3 nitrogen and oxygen atoms in total. The van der Waals surface area contributed by atoms with Crippen LogP contribution in [0.5, 0.6) is 0 Å². The van der Waals surface area contributed by atoms with Crippen molar-refractivity contribution in [3.8, 4) is 6.07 Å². The maximum Gasteiger partial charge on any atom is 0.341 e. The fraction of sp³-hybridized carbons (Fsp3) is 0.200. The van der Waals surface area contributed by atoms with Crippen molar-refractivity contribution >= 4 is 40.2 Å². The van der Waals surface area contributed by atoms with Crippen molar-refractivity contribution in [1.29, 1.82) is 5.26 Å². The molecule has 0 aliphatic heterocycles. The fourth-order valence-electron chi connectivity index (χ4n) is 1.07. The number of rotatable bonds is 2. The molecule has 5 heteroatoms. The molecule has 0 saturated carbocycles. The highest BCUT2D eigenvalue weighted by Crippen LogP contribution is 2.24. The van der Waals surface area contributed by atoms with Crippen molar-refractivity contribution in [2.45, 2.75) is 6.92 Å². The molecule has 0 unspecified atom stereocenters. The molecule has 0 radical (unpaired) electrons. The van der Waals surface area contributed by atoms with Crippen LogP contribution in [0.3, 0.4) is 0 Å². The topological polar surface area (TPSA) is 50.1 Å². The molecule has 15 heavy (non-hydrogen) atoms. The molecule has 1 aromatic carbocycles. The van der Waals surface area contributed by atoms with Gasteiger partial charge in [-0.05, 0) is 41.6 Å². The molecule has 0 heterocycles. The Balaban J connectivity index is 3.28. The molecular formula is C10H7ClINO2. The third-order valence-electron chi connectivity index (χ3n) is 1.66. The summed E-state index contributed by atoms with van der Waals surface area (Å²) >= 11 is 7.92. The monoisotopic (exact) mass is 335 g/mol. The lowest BCUT2D eigenvalue weighted by atomic mass is 10.1. The van der Waals surface area contributed by atoms with Crippen LogP contribution in [-0.2, 0) is 4.74 Å². The first-order chi connectivity index (χ1) is 7.10. The number of halogens is 2. The summed E-state index contributed by atoms with van der Waals surface area (Å²) in [5.41, 5.74) is 0.381. The van der Waals surface area contributed by atoms with Crippen LogP contribution in [0, 0.1) is 14.9 Å². The summed E-state index contributed by atoms with van der Waals surface area (Å²) in [6.45, 7) is 1.95. The first kappa shape index (κ1) is 12.3. The molecule has 0 aliphatic carbocycles. The highest BCUT2D eigenvalue weighted by molar-refractivity contribution is 14.1. The van der Waals surface area contributed by atoms with Crippen LogP contribution in [0.4, 0.5) is 0 Å². The van der Waals surface area contributed by atoms with Gasteiger partial charge in [0, 0.05) is 3.57 Å². The molecule has 0 bridgehead atoms. The number of nitrogens with zero attached hydrogens (tertiary/aromatic N) is 1. The lowest BCUT2D eigenvalue weighted by Gasteiger charge is -2.06. The second kappa shape index (κ2) is 5.33. The molecule has 1 rings (SSSR count). The lowest BCUT2D eigenvalue weighted by Crippen LogP contribution is -2.08. The molecule has 0 aromatic heterocycles. The zero-order valence-electron chi connectivity index (χ0n) is 7.88. The quantitative estimate of drug-likeness (QED) is 0.617. The van der Waals surface area contributed by atoms with Gasteiger partial charge in [-0.1, -0.05) is 11.6 Å². The van der Waals surface area contributed by atoms with E-state index in [0.29, 0.717) is 0 Å². The molecule has 0 N–H and O–H groups in total. The molecule has 0 spiro atoms. The average Bonchev–Trinajstić information content (AvgIpc) is 2.16. The smallest absolute Gasteiger partial charge is 0.341 e. The Morgan fingerprint density at radius 3 is 2.87 bits per heavy atom. The number of carbonyl (C=O) groups excluding carboxylic acids is 1. The first-order valence-electron chi connectivity index (χ1n) is 4.16. The van der Waals surface area contributed by atoms with Gasteiger partial charge in [-0.2, -0.15) is 5.26 Å². The van der Waals surface area contributed by atoms with Crippen LogP contribution >= 0.6 is 34.2 Å². The van der Waals surface area contributed by atoms with Crippen LogP contribution in [0.2, 0.25) is 5.02 Å². The van der Waals surface area contributed by atoms with E-state index in [1.54, 1.807) is 19.1 Å². The normalized spacial score (nSPS) is 9.47. The van der Waals surface area contributed by atoms with E-state index in [1.807, 2.05) is 28.7 Å². The van der Waals surface area contributed by atoms with Crippen LogP contribution in [-0.4, -0.2) is 12.6 Å². The first-order valence-corrected chi connectivity index (χ1v) is 5.62. The molecule has 0 saturated heterocycles. The fourth-order valence-corrected chi connectivity index (χ4v) is 2.18. The van der Waals surface area contributed by atoms with E-state index in [1.165, 1.54) is 0 Å². The van der Waals surface area contributed by atoms with Crippen molar-refractivity contribution < 1.29 is 9.53 Å². The van der Waals surface area contributed by atoms with Gasteiger partial charge in [0.1, 0.15) is 6.07 Å². The SMILES string of the molecule is CCOC(=O)c1c(Cl)cc(I)cc1C#N. The van der Waals surface area contributed by atoms with E-state index < -0.39 is 5.97 Å². The predicted molar refractivity (Wildman–Crippen MR) is 64.8 cm³/mol. The number of hydrogen-bond acceptors (Lipinski definition) is 3. The highest BCUT2D eigenvalue weighted by Gasteiger charge is 2.17. The average molecular weight is 336 g/mol. The minimum absolute atomic E-state index is 0.140. The van der Waals surface area contributed by atoms with Crippen molar-refractivity contribution in [3.05, 3.63) is 31.9 Å². The van der Waals surface area contributed by atoms with E-state index in [2.05, 4.69) is 0 Å². The van der Waals surface area contributed by atoms with E-state index >= 15 is 0 Å². The van der Waals surface area contributed by atoms with Gasteiger partial charge in [0.25, 0.3) is 0 Å². The van der Waals surface area contributed by atoms with Crippen molar-refractivity contribution in [1.82, 2.24) is 0 Å². The number of ether oxygens (including phenoxy) is 1.